The molecule has 3 heterocycles. The predicted molar refractivity (Wildman–Crippen MR) is 101 cm³/mol. The minimum Gasteiger partial charge on any atom is -0.461 e. The van der Waals surface area contributed by atoms with E-state index in [0.29, 0.717) is 42.0 Å². The van der Waals surface area contributed by atoms with Crippen molar-refractivity contribution in [3.05, 3.63) is 40.1 Å². The lowest BCUT2D eigenvalue weighted by Gasteiger charge is -2.30. The zero-order chi connectivity index (χ0) is 19.7. The number of nitrogens with one attached hydrogen (secondary N) is 1. The first-order valence-corrected chi connectivity index (χ1v) is 9.00. The summed E-state index contributed by atoms with van der Waals surface area (Å²) in [7, 11) is 3.90. The average Bonchev–Trinajstić information content (AvgIpc) is 2.94. The van der Waals surface area contributed by atoms with Crippen LogP contribution in [0.5, 0.6) is 0 Å². The number of carbonyl (C=O) groups is 2. The molecule has 8 heteroatoms. The molecule has 8 nitrogen and oxygen atoms in total. The molecule has 0 bridgehead atoms. The van der Waals surface area contributed by atoms with Crippen molar-refractivity contribution < 1.29 is 14.3 Å². The van der Waals surface area contributed by atoms with Gasteiger partial charge in [-0.15, -0.1) is 0 Å². The molecule has 27 heavy (non-hydrogen) atoms. The number of rotatable bonds is 4. The third-order valence-electron chi connectivity index (χ3n) is 4.83. The van der Waals surface area contributed by atoms with Crippen LogP contribution in [0.3, 0.4) is 0 Å². The quantitative estimate of drug-likeness (QED) is 0.825. The van der Waals surface area contributed by atoms with Crippen LogP contribution in [0.2, 0.25) is 0 Å². The van der Waals surface area contributed by atoms with Crippen LogP contribution < -0.4 is 4.90 Å². The summed E-state index contributed by atoms with van der Waals surface area (Å²) in [5, 5.41) is 0. The van der Waals surface area contributed by atoms with Gasteiger partial charge in [-0.3, -0.25) is 4.79 Å². The highest BCUT2D eigenvalue weighted by Crippen LogP contribution is 2.27. The SMILES string of the molecule is CCOC(=O)c1[nH]c(C)c(C(=O)N2CCc3c(ncnc3N(C)C)C2)c1C. The molecule has 1 aliphatic heterocycles. The van der Waals surface area contributed by atoms with E-state index < -0.39 is 5.97 Å². The summed E-state index contributed by atoms with van der Waals surface area (Å²) in [6.45, 7) is 6.62. The van der Waals surface area contributed by atoms with E-state index in [0.717, 1.165) is 17.1 Å². The van der Waals surface area contributed by atoms with Crippen LogP contribution in [0.1, 0.15) is 50.3 Å². The lowest BCUT2D eigenvalue weighted by molar-refractivity contribution is 0.0519. The Morgan fingerprint density at radius 1 is 1.30 bits per heavy atom. The number of amides is 1. The predicted octanol–water partition coefficient (Wildman–Crippen LogP) is 1.86. The summed E-state index contributed by atoms with van der Waals surface area (Å²) in [5.41, 5.74) is 4.11. The van der Waals surface area contributed by atoms with Gasteiger partial charge in [-0.2, -0.15) is 0 Å². The first-order chi connectivity index (χ1) is 12.8. The Morgan fingerprint density at radius 2 is 2.04 bits per heavy atom. The number of carbonyl (C=O) groups excluding carboxylic acids is 2. The minimum absolute atomic E-state index is 0.104. The summed E-state index contributed by atoms with van der Waals surface area (Å²) in [5.74, 6) is 0.350. The third kappa shape index (κ3) is 3.39. The number of aromatic nitrogens is 3. The van der Waals surface area contributed by atoms with Crippen molar-refractivity contribution in [1.29, 1.82) is 0 Å². The fourth-order valence-corrected chi connectivity index (χ4v) is 3.53. The molecule has 0 aliphatic carbocycles. The molecule has 1 amide bonds. The van der Waals surface area contributed by atoms with E-state index in [9.17, 15) is 9.59 Å². The highest BCUT2D eigenvalue weighted by atomic mass is 16.5. The lowest BCUT2D eigenvalue weighted by Crippen LogP contribution is -2.37. The second-order valence-corrected chi connectivity index (χ2v) is 6.84. The number of hydrogen-bond donors (Lipinski definition) is 1. The van der Waals surface area contributed by atoms with Gasteiger partial charge in [0.05, 0.1) is 24.4 Å². The molecule has 0 fully saturated rings. The van der Waals surface area contributed by atoms with Crippen LogP contribution in [0.25, 0.3) is 0 Å². The summed E-state index contributed by atoms with van der Waals surface area (Å²) >= 11 is 0. The molecule has 0 saturated carbocycles. The summed E-state index contributed by atoms with van der Waals surface area (Å²) < 4.78 is 5.07. The van der Waals surface area contributed by atoms with Gasteiger partial charge < -0.3 is 19.5 Å². The number of aryl methyl sites for hydroxylation is 1. The zero-order valence-electron chi connectivity index (χ0n) is 16.4. The topological polar surface area (TPSA) is 91.4 Å². The molecule has 1 aliphatic rings. The number of fused-ring (bicyclic) bond motifs is 1. The smallest absolute Gasteiger partial charge is 0.355 e. The molecule has 0 radical (unpaired) electrons. The standard InChI is InChI=1S/C19H25N5O3/c1-6-27-19(26)16-11(2)15(12(3)22-16)18(25)24-8-7-13-14(9-24)20-10-21-17(13)23(4)5/h10,22H,6-9H2,1-5H3. The molecule has 0 spiro atoms. The molecule has 0 saturated heterocycles. The largest absolute Gasteiger partial charge is 0.461 e. The maximum atomic E-state index is 13.2. The van der Waals surface area contributed by atoms with E-state index in [1.54, 1.807) is 25.7 Å². The average molecular weight is 371 g/mol. The van der Waals surface area contributed by atoms with Crippen molar-refractivity contribution in [2.45, 2.75) is 33.7 Å². The highest BCUT2D eigenvalue weighted by Gasteiger charge is 2.30. The Morgan fingerprint density at radius 3 is 2.70 bits per heavy atom. The van der Waals surface area contributed by atoms with Crippen LogP contribution in [0.15, 0.2) is 6.33 Å². The fourth-order valence-electron chi connectivity index (χ4n) is 3.53. The Bertz CT molecular complexity index is 888. The number of aromatic amines is 1. The van der Waals surface area contributed by atoms with Gasteiger partial charge in [0, 0.05) is 31.9 Å². The van der Waals surface area contributed by atoms with Gasteiger partial charge in [0.1, 0.15) is 17.8 Å². The number of esters is 1. The Hall–Kier alpha value is -2.90. The number of ether oxygens (including phenoxy) is 1. The van der Waals surface area contributed by atoms with Crippen molar-refractivity contribution in [1.82, 2.24) is 19.9 Å². The maximum absolute atomic E-state index is 13.2. The van der Waals surface area contributed by atoms with E-state index in [1.165, 1.54) is 6.33 Å². The summed E-state index contributed by atoms with van der Waals surface area (Å²) in [6.07, 6.45) is 2.23. The van der Waals surface area contributed by atoms with Gasteiger partial charge in [-0.25, -0.2) is 14.8 Å². The number of anilines is 1. The molecule has 0 aromatic carbocycles. The highest BCUT2D eigenvalue weighted by molar-refractivity contribution is 6.01. The van der Waals surface area contributed by atoms with Crippen LogP contribution in [-0.4, -0.2) is 59.0 Å². The van der Waals surface area contributed by atoms with Crippen LogP contribution in [0.4, 0.5) is 5.82 Å². The first-order valence-electron chi connectivity index (χ1n) is 9.00. The van der Waals surface area contributed by atoms with Gasteiger partial charge in [0.2, 0.25) is 0 Å². The van der Waals surface area contributed by atoms with Crippen molar-refractivity contribution in [3.63, 3.8) is 0 Å². The molecular weight excluding hydrogens is 346 g/mol. The Balaban J connectivity index is 1.88. The molecular formula is C19H25N5O3. The molecule has 3 rings (SSSR count). The van der Waals surface area contributed by atoms with E-state index in [-0.39, 0.29) is 12.5 Å². The van der Waals surface area contributed by atoms with Gasteiger partial charge in [0.15, 0.2) is 0 Å². The number of H-pyrrole nitrogens is 1. The van der Waals surface area contributed by atoms with Crippen molar-refractivity contribution >= 4 is 17.7 Å². The van der Waals surface area contributed by atoms with Crippen molar-refractivity contribution in [3.8, 4) is 0 Å². The van der Waals surface area contributed by atoms with Gasteiger partial charge >= 0.3 is 5.97 Å². The maximum Gasteiger partial charge on any atom is 0.355 e. The normalized spacial score (nSPS) is 13.3. The molecule has 1 N–H and O–H groups in total. The van der Waals surface area contributed by atoms with E-state index >= 15 is 0 Å². The van der Waals surface area contributed by atoms with Crippen molar-refractivity contribution in [2.24, 2.45) is 0 Å². The van der Waals surface area contributed by atoms with E-state index in [2.05, 4.69) is 15.0 Å². The second kappa shape index (κ2) is 7.38. The monoisotopic (exact) mass is 371 g/mol. The zero-order valence-corrected chi connectivity index (χ0v) is 16.4. The first kappa shape index (κ1) is 18.9. The van der Waals surface area contributed by atoms with Crippen molar-refractivity contribution in [2.75, 3.05) is 32.1 Å². The molecule has 2 aromatic rings. The van der Waals surface area contributed by atoms with Gasteiger partial charge in [-0.05, 0) is 32.8 Å². The van der Waals surface area contributed by atoms with Crippen LogP contribution >= 0.6 is 0 Å². The fraction of sp³-hybridized carbons (Fsp3) is 0.474. The lowest BCUT2D eigenvalue weighted by atomic mass is 10.0. The summed E-state index contributed by atoms with van der Waals surface area (Å²) in [4.78, 5) is 40.7. The van der Waals surface area contributed by atoms with E-state index in [4.69, 9.17) is 4.74 Å². The molecule has 144 valence electrons. The van der Waals surface area contributed by atoms with Gasteiger partial charge in [-0.1, -0.05) is 0 Å². The molecule has 0 unspecified atom stereocenters. The summed E-state index contributed by atoms with van der Waals surface area (Å²) in [6, 6.07) is 0. The second-order valence-electron chi connectivity index (χ2n) is 6.84. The van der Waals surface area contributed by atoms with Crippen LogP contribution in [-0.2, 0) is 17.7 Å². The van der Waals surface area contributed by atoms with E-state index in [1.807, 2.05) is 19.0 Å². The third-order valence-corrected chi connectivity index (χ3v) is 4.83. The Labute approximate surface area is 158 Å². The van der Waals surface area contributed by atoms with Gasteiger partial charge in [0.25, 0.3) is 5.91 Å². The Kier molecular flexibility index (Phi) is 5.16. The number of hydrogen-bond acceptors (Lipinski definition) is 6. The minimum atomic E-state index is -0.440. The number of nitrogens with zero attached hydrogens (tertiary/aromatic N) is 4. The molecule has 0 atom stereocenters. The molecule has 2 aromatic heterocycles. The van der Waals surface area contributed by atoms with Crippen LogP contribution in [0, 0.1) is 13.8 Å².